The molecule has 150 valence electrons. The Bertz CT molecular complexity index is 981. The van der Waals surface area contributed by atoms with Crippen LogP contribution in [0.2, 0.25) is 0 Å². The number of nitrogens with zero attached hydrogens (tertiary/aromatic N) is 2. The summed E-state index contributed by atoms with van der Waals surface area (Å²) in [6.07, 6.45) is 0.935. The van der Waals surface area contributed by atoms with Gasteiger partial charge in [-0.2, -0.15) is 5.26 Å². The third kappa shape index (κ3) is 6.06. The summed E-state index contributed by atoms with van der Waals surface area (Å²) >= 11 is 0. The molecule has 0 fully saturated rings. The standard InChI is InChI=1S/C16H19FN6O4S/c1-9(15(24)23-14(20)7-22-13(19)6-18)8-28(26,27)10-3-4-11(12(17)5-10)16(25)21-2/h3-5,7,9H,8,20H2,1-2H3,(H2,19,22)(H,21,25)(H,23,24)/b14-7+. The molecule has 10 nitrogen and oxygen atoms in total. The van der Waals surface area contributed by atoms with Crippen molar-refractivity contribution >= 4 is 27.5 Å². The largest absolute Gasteiger partial charge is 0.384 e. The van der Waals surface area contributed by atoms with Gasteiger partial charge in [0.15, 0.2) is 9.84 Å². The topological polar surface area (TPSA) is 181 Å². The molecule has 1 aromatic carbocycles. The number of rotatable bonds is 7. The molecular weight excluding hydrogens is 391 g/mol. The van der Waals surface area contributed by atoms with Crippen LogP contribution in [0, 0.1) is 23.1 Å². The fourth-order valence-electron chi connectivity index (χ4n) is 1.97. The maximum atomic E-state index is 14.0. The van der Waals surface area contributed by atoms with E-state index in [9.17, 15) is 22.4 Å². The lowest BCUT2D eigenvalue weighted by molar-refractivity contribution is -0.123. The molecule has 0 aliphatic heterocycles. The van der Waals surface area contributed by atoms with E-state index in [1.54, 1.807) is 6.07 Å². The molecule has 1 rings (SSSR count). The van der Waals surface area contributed by atoms with Crippen molar-refractivity contribution in [3.05, 3.63) is 41.6 Å². The van der Waals surface area contributed by atoms with Gasteiger partial charge in [-0.15, -0.1) is 0 Å². The summed E-state index contributed by atoms with van der Waals surface area (Å²) in [7, 11) is -2.71. The maximum absolute atomic E-state index is 14.0. The second-order valence-corrected chi connectivity index (χ2v) is 7.64. The quantitative estimate of drug-likeness (QED) is 0.340. The number of halogens is 1. The van der Waals surface area contributed by atoms with Crippen molar-refractivity contribution in [2.24, 2.45) is 22.4 Å². The molecule has 0 saturated heterocycles. The van der Waals surface area contributed by atoms with Crippen LogP contribution in [0.5, 0.6) is 0 Å². The molecule has 0 heterocycles. The molecule has 0 aliphatic carbocycles. The molecule has 12 heteroatoms. The van der Waals surface area contributed by atoms with Crippen molar-refractivity contribution < 1.29 is 22.4 Å². The minimum Gasteiger partial charge on any atom is -0.384 e. The smallest absolute Gasteiger partial charge is 0.253 e. The lowest BCUT2D eigenvalue weighted by Crippen LogP contribution is -2.35. The summed E-state index contributed by atoms with van der Waals surface area (Å²) in [5.41, 5.74) is 10.3. The first-order chi connectivity index (χ1) is 13.0. The minimum atomic E-state index is -4.03. The first kappa shape index (κ1) is 22.6. The zero-order valence-electron chi connectivity index (χ0n) is 15.1. The number of nitriles is 1. The van der Waals surface area contributed by atoms with Crippen LogP contribution in [0.15, 0.2) is 40.1 Å². The first-order valence-electron chi connectivity index (χ1n) is 7.76. The van der Waals surface area contributed by atoms with E-state index >= 15 is 0 Å². The number of carbonyl (C=O) groups is 2. The van der Waals surface area contributed by atoms with Crippen molar-refractivity contribution in [3.63, 3.8) is 0 Å². The highest BCUT2D eigenvalue weighted by molar-refractivity contribution is 7.91. The Balaban J connectivity index is 2.91. The van der Waals surface area contributed by atoms with Crippen LogP contribution in [-0.4, -0.2) is 38.9 Å². The highest BCUT2D eigenvalue weighted by atomic mass is 32.2. The van der Waals surface area contributed by atoms with Crippen LogP contribution in [0.1, 0.15) is 17.3 Å². The summed E-state index contributed by atoms with van der Waals surface area (Å²) in [6, 6.07) is 4.40. The average Bonchev–Trinajstić information content (AvgIpc) is 2.64. The summed E-state index contributed by atoms with van der Waals surface area (Å²) in [6.45, 7) is 1.34. The van der Waals surface area contributed by atoms with Gasteiger partial charge in [-0.3, -0.25) is 9.59 Å². The highest BCUT2D eigenvalue weighted by Gasteiger charge is 2.25. The predicted molar refractivity (Wildman–Crippen MR) is 98.7 cm³/mol. The number of nitrogens with two attached hydrogens (primary N) is 2. The predicted octanol–water partition coefficient (Wildman–Crippen LogP) is -0.650. The number of amides is 2. The van der Waals surface area contributed by atoms with Gasteiger partial charge in [0.2, 0.25) is 11.7 Å². The zero-order valence-corrected chi connectivity index (χ0v) is 15.9. The second-order valence-electron chi connectivity index (χ2n) is 5.60. The highest BCUT2D eigenvalue weighted by Crippen LogP contribution is 2.18. The third-order valence-electron chi connectivity index (χ3n) is 3.41. The van der Waals surface area contributed by atoms with Crippen molar-refractivity contribution in [2.75, 3.05) is 12.8 Å². The Morgan fingerprint density at radius 3 is 2.57 bits per heavy atom. The van der Waals surface area contributed by atoms with E-state index in [1.807, 2.05) is 0 Å². The SMILES string of the molecule is CNC(=O)c1ccc(S(=O)(=O)CC(C)C(=O)N/C(N)=C/N=C(N)C#N)cc1F. The van der Waals surface area contributed by atoms with Crippen LogP contribution in [-0.2, 0) is 14.6 Å². The molecular formula is C16H19FN6O4S. The molecule has 0 bridgehead atoms. The van der Waals surface area contributed by atoms with Gasteiger partial charge in [0.1, 0.15) is 17.7 Å². The van der Waals surface area contributed by atoms with E-state index in [-0.39, 0.29) is 22.1 Å². The summed E-state index contributed by atoms with van der Waals surface area (Å²) in [5, 5.41) is 12.9. The molecule has 6 N–H and O–H groups in total. The Morgan fingerprint density at radius 2 is 2.04 bits per heavy atom. The lowest BCUT2D eigenvalue weighted by atomic mass is 10.2. The molecule has 1 aromatic rings. The number of hydrogen-bond acceptors (Lipinski definition) is 7. The van der Waals surface area contributed by atoms with Crippen molar-refractivity contribution in [3.8, 4) is 6.07 Å². The van der Waals surface area contributed by atoms with Crippen LogP contribution in [0.25, 0.3) is 0 Å². The summed E-state index contributed by atoms with van der Waals surface area (Å²) in [4.78, 5) is 26.6. The van der Waals surface area contributed by atoms with Crippen LogP contribution in [0.4, 0.5) is 4.39 Å². The second kappa shape index (κ2) is 9.47. The van der Waals surface area contributed by atoms with Crippen molar-refractivity contribution in [1.82, 2.24) is 10.6 Å². The van der Waals surface area contributed by atoms with E-state index in [0.717, 1.165) is 24.4 Å². The Kier molecular flexibility index (Phi) is 7.64. The molecule has 28 heavy (non-hydrogen) atoms. The van der Waals surface area contributed by atoms with E-state index in [0.29, 0.717) is 0 Å². The van der Waals surface area contributed by atoms with Crippen molar-refractivity contribution in [2.45, 2.75) is 11.8 Å². The average molecular weight is 410 g/mol. The van der Waals surface area contributed by atoms with Gasteiger partial charge < -0.3 is 22.1 Å². The van der Waals surface area contributed by atoms with Gasteiger partial charge in [0.05, 0.1) is 22.4 Å². The van der Waals surface area contributed by atoms with Gasteiger partial charge in [0, 0.05) is 13.0 Å². The number of benzene rings is 1. The van der Waals surface area contributed by atoms with E-state index in [1.165, 1.54) is 14.0 Å². The Hall–Kier alpha value is -3.46. The molecule has 0 aliphatic rings. The molecule has 0 spiro atoms. The van der Waals surface area contributed by atoms with Crippen molar-refractivity contribution in [1.29, 1.82) is 5.26 Å². The van der Waals surface area contributed by atoms with Crippen LogP contribution >= 0.6 is 0 Å². The van der Waals surface area contributed by atoms with E-state index in [4.69, 9.17) is 16.7 Å². The van der Waals surface area contributed by atoms with Gasteiger partial charge in [-0.05, 0) is 18.2 Å². The number of aliphatic imine (C=N–C) groups is 1. The first-order valence-corrected chi connectivity index (χ1v) is 9.41. The van der Waals surface area contributed by atoms with Gasteiger partial charge in [0.25, 0.3) is 5.91 Å². The number of carbonyl (C=O) groups excluding carboxylic acids is 2. The monoisotopic (exact) mass is 410 g/mol. The normalized spacial score (nSPS) is 13.4. The molecule has 0 aromatic heterocycles. The Morgan fingerprint density at radius 1 is 1.39 bits per heavy atom. The van der Waals surface area contributed by atoms with Gasteiger partial charge >= 0.3 is 0 Å². The number of amidine groups is 1. The Labute approximate surface area is 161 Å². The molecule has 1 unspecified atom stereocenters. The minimum absolute atomic E-state index is 0.242. The van der Waals surface area contributed by atoms with Crippen LogP contribution < -0.4 is 22.1 Å². The number of hydrogen-bond donors (Lipinski definition) is 4. The molecule has 1 atom stereocenters. The van der Waals surface area contributed by atoms with Gasteiger partial charge in [-0.1, -0.05) is 6.92 Å². The number of sulfone groups is 1. The van der Waals surface area contributed by atoms with Gasteiger partial charge in [-0.25, -0.2) is 17.8 Å². The molecule has 0 radical (unpaired) electrons. The maximum Gasteiger partial charge on any atom is 0.253 e. The fourth-order valence-corrected chi connectivity index (χ4v) is 3.54. The summed E-state index contributed by atoms with van der Waals surface area (Å²) in [5.74, 6) is -4.73. The third-order valence-corrected chi connectivity index (χ3v) is 5.32. The molecule has 0 saturated carbocycles. The van der Waals surface area contributed by atoms with E-state index < -0.39 is 39.1 Å². The fraction of sp³-hybridized carbons (Fsp3) is 0.250. The summed E-state index contributed by atoms with van der Waals surface area (Å²) < 4.78 is 38.8. The lowest BCUT2D eigenvalue weighted by Gasteiger charge is -2.13. The van der Waals surface area contributed by atoms with E-state index in [2.05, 4.69) is 15.6 Å². The molecule has 2 amide bonds. The van der Waals surface area contributed by atoms with Crippen LogP contribution in [0.3, 0.4) is 0 Å². The number of nitrogens with one attached hydrogen (secondary N) is 2. The zero-order chi connectivity index (χ0) is 21.5.